The third-order valence-corrected chi connectivity index (χ3v) is 5.50. The molecule has 1 N–H and O–H groups in total. The number of amides is 2. The highest BCUT2D eigenvalue weighted by Gasteiger charge is 2.25. The summed E-state index contributed by atoms with van der Waals surface area (Å²) in [5.41, 5.74) is 1.38. The Labute approximate surface area is 189 Å². The largest absolute Gasteiger partial charge is 0.496 e. The van der Waals surface area contributed by atoms with Gasteiger partial charge in [0.2, 0.25) is 5.91 Å². The van der Waals surface area contributed by atoms with Crippen LogP contribution < -0.4 is 19.5 Å². The predicted octanol–water partition coefficient (Wildman–Crippen LogP) is 3.23. The van der Waals surface area contributed by atoms with E-state index in [1.54, 1.807) is 31.4 Å². The molecule has 32 heavy (non-hydrogen) atoms. The lowest BCUT2D eigenvalue weighted by molar-refractivity contribution is -0.131. The second-order valence-corrected chi connectivity index (χ2v) is 7.58. The number of benzene rings is 2. The molecule has 1 saturated heterocycles. The SMILES string of the molecule is C=CCOc1ccc(C(=O)NC2CCN(C(=O)Cc3ccccc3OC)CC2)cc1OC. The Kier molecular flexibility index (Phi) is 8.14. The zero-order chi connectivity index (χ0) is 22.9. The normalized spacial score (nSPS) is 13.9. The number of carbonyl (C=O) groups excluding carboxylic acids is 2. The topological polar surface area (TPSA) is 77.1 Å². The maximum absolute atomic E-state index is 12.7. The Morgan fingerprint density at radius 2 is 1.78 bits per heavy atom. The molecule has 1 aliphatic rings. The summed E-state index contributed by atoms with van der Waals surface area (Å²) in [6.07, 6.45) is 3.37. The molecule has 3 rings (SSSR count). The molecule has 170 valence electrons. The third-order valence-electron chi connectivity index (χ3n) is 5.50. The highest BCUT2D eigenvalue weighted by atomic mass is 16.5. The maximum atomic E-state index is 12.7. The van der Waals surface area contributed by atoms with Crippen molar-refractivity contribution in [2.45, 2.75) is 25.3 Å². The van der Waals surface area contributed by atoms with Gasteiger partial charge in [-0.05, 0) is 37.1 Å². The van der Waals surface area contributed by atoms with Gasteiger partial charge in [-0.1, -0.05) is 30.9 Å². The van der Waals surface area contributed by atoms with Gasteiger partial charge in [0, 0.05) is 30.3 Å². The van der Waals surface area contributed by atoms with Gasteiger partial charge in [-0.15, -0.1) is 0 Å². The molecule has 1 heterocycles. The van der Waals surface area contributed by atoms with Crippen LogP contribution in [0.4, 0.5) is 0 Å². The van der Waals surface area contributed by atoms with Crippen molar-refractivity contribution in [2.24, 2.45) is 0 Å². The van der Waals surface area contributed by atoms with Gasteiger partial charge in [0.15, 0.2) is 11.5 Å². The van der Waals surface area contributed by atoms with E-state index in [9.17, 15) is 9.59 Å². The van der Waals surface area contributed by atoms with E-state index in [0.717, 1.165) is 11.3 Å². The fourth-order valence-electron chi connectivity index (χ4n) is 3.74. The van der Waals surface area contributed by atoms with Crippen LogP contribution in [0, 0.1) is 0 Å². The fraction of sp³-hybridized carbons (Fsp3) is 0.360. The fourth-order valence-corrected chi connectivity index (χ4v) is 3.74. The lowest BCUT2D eigenvalue weighted by Gasteiger charge is -2.32. The van der Waals surface area contributed by atoms with Crippen molar-refractivity contribution in [1.82, 2.24) is 10.2 Å². The first kappa shape index (κ1) is 23.2. The molecule has 0 bridgehead atoms. The van der Waals surface area contributed by atoms with Crippen molar-refractivity contribution in [2.75, 3.05) is 33.9 Å². The molecule has 0 saturated carbocycles. The molecule has 7 nitrogen and oxygen atoms in total. The van der Waals surface area contributed by atoms with Gasteiger partial charge in [-0.3, -0.25) is 9.59 Å². The summed E-state index contributed by atoms with van der Waals surface area (Å²) < 4.78 is 16.2. The average Bonchev–Trinajstić information content (AvgIpc) is 2.83. The molecule has 0 aliphatic carbocycles. The summed E-state index contributed by atoms with van der Waals surface area (Å²) in [4.78, 5) is 27.3. The Bertz CT molecular complexity index is 951. The molecule has 0 radical (unpaired) electrons. The number of nitrogens with one attached hydrogen (secondary N) is 1. The summed E-state index contributed by atoms with van der Waals surface area (Å²) in [7, 11) is 3.14. The first-order chi connectivity index (χ1) is 15.5. The summed E-state index contributed by atoms with van der Waals surface area (Å²) in [6, 6.07) is 12.7. The smallest absolute Gasteiger partial charge is 0.251 e. The van der Waals surface area contributed by atoms with Gasteiger partial charge in [-0.25, -0.2) is 0 Å². The van der Waals surface area contributed by atoms with Gasteiger partial charge in [0.1, 0.15) is 12.4 Å². The lowest BCUT2D eigenvalue weighted by atomic mass is 10.0. The van der Waals surface area contributed by atoms with Crippen molar-refractivity contribution < 1.29 is 23.8 Å². The number of hydrogen-bond acceptors (Lipinski definition) is 5. The first-order valence-corrected chi connectivity index (χ1v) is 10.7. The van der Waals surface area contributed by atoms with Gasteiger partial charge in [0.05, 0.1) is 20.6 Å². The van der Waals surface area contributed by atoms with Crippen LogP contribution in [0.3, 0.4) is 0 Å². The zero-order valence-corrected chi connectivity index (χ0v) is 18.6. The van der Waals surface area contributed by atoms with Crippen LogP contribution in [0.25, 0.3) is 0 Å². The van der Waals surface area contributed by atoms with Crippen LogP contribution in [0.1, 0.15) is 28.8 Å². The van der Waals surface area contributed by atoms with Crippen LogP contribution in [0.5, 0.6) is 17.2 Å². The molecule has 2 aromatic rings. The molecule has 0 aromatic heterocycles. The minimum Gasteiger partial charge on any atom is -0.496 e. The van der Waals surface area contributed by atoms with Gasteiger partial charge >= 0.3 is 0 Å². The molecular weight excluding hydrogens is 408 g/mol. The van der Waals surface area contributed by atoms with E-state index in [4.69, 9.17) is 14.2 Å². The minimum atomic E-state index is -0.169. The Morgan fingerprint density at radius 3 is 2.47 bits per heavy atom. The van der Waals surface area contributed by atoms with Crippen LogP contribution in [0.15, 0.2) is 55.1 Å². The molecule has 2 aromatic carbocycles. The van der Waals surface area contributed by atoms with Gasteiger partial charge in [-0.2, -0.15) is 0 Å². The highest BCUT2D eigenvalue weighted by Crippen LogP contribution is 2.28. The number of methoxy groups -OCH3 is 2. The summed E-state index contributed by atoms with van der Waals surface area (Å²) in [5.74, 6) is 1.68. The van der Waals surface area contributed by atoms with E-state index in [1.807, 2.05) is 29.2 Å². The zero-order valence-electron chi connectivity index (χ0n) is 18.6. The molecule has 0 atom stereocenters. The number of para-hydroxylation sites is 1. The Hall–Kier alpha value is -3.48. The van der Waals surface area contributed by atoms with Crippen LogP contribution in [0.2, 0.25) is 0 Å². The van der Waals surface area contributed by atoms with Crippen LogP contribution >= 0.6 is 0 Å². The molecule has 2 amide bonds. The molecular formula is C25H30N2O5. The van der Waals surface area contributed by atoms with Crippen molar-refractivity contribution in [3.63, 3.8) is 0 Å². The monoisotopic (exact) mass is 438 g/mol. The first-order valence-electron chi connectivity index (χ1n) is 10.7. The van der Waals surface area contributed by atoms with E-state index < -0.39 is 0 Å². The predicted molar refractivity (Wildman–Crippen MR) is 122 cm³/mol. The Balaban J connectivity index is 1.52. The van der Waals surface area contributed by atoms with Gasteiger partial charge in [0.25, 0.3) is 5.91 Å². The number of ether oxygens (including phenoxy) is 3. The van der Waals surface area contributed by atoms with Crippen LogP contribution in [-0.4, -0.2) is 56.7 Å². The summed E-state index contributed by atoms with van der Waals surface area (Å²) >= 11 is 0. The van der Waals surface area contributed by atoms with Crippen molar-refractivity contribution in [3.05, 3.63) is 66.2 Å². The molecule has 7 heteroatoms. The van der Waals surface area contributed by atoms with E-state index in [1.165, 1.54) is 7.11 Å². The number of hydrogen-bond donors (Lipinski definition) is 1. The molecule has 0 spiro atoms. The molecule has 0 unspecified atom stereocenters. The van der Waals surface area contributed by atoms with Gasteiger partial charge < -0.3 is 24.4 Å². The average molecular weight is 439 g/mol. The lowest BCUT2D eigenvalue weighted by Crippen LogP contribution is -2.47. The van der Waals surface area contributed by atoms with Crippen molar-refractivity contribution in [1.29, 1.82) is 0 Å². The quantitative estimate of drug-likeness (QED) is 0.609. The van der Waals surface area contributed by atoms with Crippen molar-refractivity contribution in [3.8, 4) is 17.2 Å². The highest BCUT2D eigenvalue weighted by molar-refractivity contribution is 5.95. The molecule has 1 fully saturated rings. The van der Waals surface area contributed by atoms with Crippen LogP contribution in [-0.2, 0) is 11.2 Å². The van der Waals surface area contributed by atoms with E-state index >= 15 is 0 Å². The van der Waals surface area contributed by atoms with Crippen molar-refractivity contribution >= 4 is 11.8 Å². The van der Waals surface area contributed by atoms with E-state index in [-0.39, 0.29) is 17.9 Å². The second-order valence-electron chi connectivity index (χ2n) is 7.58. The number of likely N-dealkylation sites (tertiary alicyclic amines) is 1. The standard InChI is InChI=1S/C25H30N2O5/c1-4-15-32-22-10-9-19(16-23(22)31-3)25(29)26-20-11-13-27(14-12-20)24(28)17-18-7-5-6-8-21(18)30-2/h4-10,16,20H,1,11-15,17H2,2-3H3,(H,26,29). The molecule has 1 aliphatic heterocycles. The van der Waals surface area contributed by atoms with E-state index in [2.05, 4.69) is 11.9 Å². The number of rotatable bonds is 9. The number of piperidine rings is 1. The summed E-state index contributed by atoms with van der Waals surface area (Å²) in [5, 5.41) is 3.07. The Morgan fingerprint density at radius 1 is 1.06 bits per heavy atom. The second kappa shape index (κ2) is 11.2. The third kappa shape index (κ3) is 5.81. The summed E-state index contributed by atoms with van der Waals surface area (Å²) in [6.45, 7) is 5.20. The minimum absolute atomic E-state index is 0.0144. The number of nitrogens with zero attached hydrogens (tertiary/aromatic N) is 1. The number of carbonyl (C=O) groups is 2. The van der Waals surface area contributed by atoms with E-state index in [0.29, 0.717) is 56.0 Å². The maximum Gasteiger partial charge on any atom is 0.251 e.